The van der Waals surface area contributed by atoms with Crippen LogP contribution in [0.4, 0.5) is 0 Å². The fourth-order valence-electron chi connectivity index (χ4n) is 2.95. The van der Waals surface area contributed by atoms with E-state index in [9.17, 15) is 13.2 Å². The molecule has 0 aromatic carbocycles. The molecule has 0 spiro atoms. The van der Waals surface area contributed by atoms with Crippen LogP contribution in [0.1, 0.15) is 39.0 Å². The molecular formula is C16H20N2O3S3. The van der Waals surface area contributed by atoms with Crippen LogP contribution < -0.4 is 4.72 Å². The van der Waals surface area contributed by atoms with E-state index in [4.69, 9.17) is 0 Å². The molecule has 1 aliphatic heterocycles. The van der Waals surface area contributed by atoms with E-state index in [2.05, 4.69) is 16.2 Å². The number of hydrogen-bond donors (Lipinski definition) is 1. The molecule has 8 heteroatoms. The Morgan fingerprint density at radius 1 is 1.38 bits per heavy atom. The van der Waals surface area contributed by atoms with Gasteiger partial charge in [-0.2, -0.15) is 11.3 Å². The maximum absolute atomic E-state index is 12.8. The van der Waals surface area contributed by atoms with Gasteiger partial charge in [-0.25, -0.2) is 13.1 Å². The minimum Gasteiger partial charge on any atom is -0.331 e. The standard InChI is InChI=1S/C16H20N2O3S3/c1-24(20,21)17-8-6-13-4-5-15(23-13)16(19)18-9-2-3-14(18)12-7-10-22-11-12/h4-5,7,10-11,14,17H,2-3,6,8-9H2,1H3. The minimum atomic E-state index is -3.17. The van der Waals surface area contributed by atoms with Gasteiger partial charge in [0.1, 0.15) is 0 Å². The predicted molar refractivity (Wildman–Crippen MR) is 98.2 cm³/mol. The summed E-state index contributed by atoms with van der Waals surface area (Å²) >= 11 is 3.11. The highest BCUT2D eigenvalue weighted by atomic mass is 32.2. The number of carbonyl (C=O) groups excluding carboxylic acids is 1. The fraction of sp³-hybridized carbons (Fsp3) is 0.438. The summed E-state index contributed by atoms with van der Waals surface area (Å²) in [5, 5.41) is 4.17. The van der Waals surface area contributed by atoms with Crippen molar-refractivity contribution in [1.82, 2.24) is 9.62 Å². The van der Waals surface area contributed by atoms with Crippen LogP contribution >= 0.6 is 22.7 Å². The Morgan fingerprint density at radius 2 is 2.21 bits per heavy atom. The monoisotopic (exact) mass is 384 g/mol. The Labute approximate surface area is 150 Å². The van der Waals surface area contributed by atoms with E-state index in [0.29, 0.717) is 13.0 Å². The number of sulfonamides is 1. The van der Waals surface area contributed by atoms with E-state index < -0.39 is 10.0 Å². The Balaban J connectivity index is 1.65. The predicted octanol–water partition coefficient (Wildman–Crippen LogP) is 2.88. The fourth-order valence-corrected chi connectivity index (χ4v) is 5.09. The summed E-state index contributed by atoms with van der Waals surface area (Å²) < 4.78 is 24.7. The Hall–Kier alpha value is -1.22. The van der Waals surface area contributed by atoms with Gasteiger partial charge in [0.15, 0.2) is 0 Å². The largest absolute Gasteiger partial charge is 0.331 e. The second-order valence-corrected chi connectivity index (χ2v) is 9.68. The molecule has 1 aliphatic rings. The molecule has 0 bridgehead atoms. The number of carbonyl (C=O) groups is 1. The third-order valence-corrected chi connectivity index (χ3v) is 6.61. The highest BCUT2D eigenvalue weighted by molar-refractivity contribution is 7.88. The Kier molecular flexibility index (Phi) is 5.39. The number of nitrogens with one attached hydrogen (secondary N) is 1. The van der Waals surface area contributed by atoms with Gasteiger partial charge in [-0.1, -0.05) is 0 Å². The summed E-state index contributed by atoms with van der Waals surface area (Å²) in [4.78, 5) is 16.5. The molecule has 1 saturated heterocycles. The number of nitrogens with zero attached hydrogens (tertiary/aromatic N) is 1. The van der Waals surface area contributed by atoms with Crippen molar-refractivity contribution in [2.45, 2.75) is 25.3 Å². The average molecular weight is 385 g/mol. The Morgan fingerprint density at radius 3 is 2.92 bits per heavy atom. The SMILES string of the molecule is CS(=O)(=O)NCCc1ccc(C(=O)N2CCCC2c2ccsc2)s1. The van der Waals surface area contributed by atoms with Gasteiger partial charge < -0.3 is 4.90 Å². The number of thiophene rings is 2. The molecule has 5 nitrogen and oxygen atoms in total. The van der Waals surface area contributed by atoms with Gasteiger partial charge in [-0.15, -0.1) is 11.3 Å². The second-order valence-electron chi connectivity index (χ2n) is 5.90. The van der Waals surface area contributed by atoms with Crippen LogP contribution in [0.15, 0.2) is 29.0 Å². The van der Waals surface area contributed by atoms with Crippen molar-refractivity contribution in [3.8, 4) is 0 Å². The van der Waals surface area contributed by atoms with Gasteiger partial charge in [0.05, 0.1) is 17.2 Å². The van der Waals surface area contributed by atoms with Crippen LogP contribution in [0.3, 0.4) is 0 Å². The molecule has 1 N–H and O–H groups in total. The molecule has 1 amide bonds. The minimum absolute atomic E-state index is 0.0797. The first-order valence-electron chi connectivity index (χ1n) is 7.80. The number of amides is 1. The van der Waals surface area contributed by atoms with Crippen molar-refractivity contribution < 1.29 is 13.2 Å². The van der Waals surface area contributed by atoms with Crippen LogP contribution in [0, 0.1) is 0 Å². The van der Waals surface area contributed by atoms with Crippen LogP contribution in [0.2, 0.25) is 0 Å². The molecule has 3 rings (SSSR count). The molecule has 1 unspecified atom stereocenters. The molecule has 0 saturated carbocycles. The number of likely N-dealkylation sites (tertiary alicyclic amines) is 1. The van der Waals surface area contributed by atoms with Gasteiger partial charge in [0.2, 0.25) is 10.0 Å². The first kappa shape index (κ1) is 17.6. The van der Waals surface area contributed by atoms with Gasteiger partial charge >= 0.3 is 0 Å². The molecular weight excluding hydrogens is 364 g/mol. The highest BCUT2D eigenvalue weighted by Crippen LogP contribution is 2.35. The van der Waals surface area contributed by atoms with E-state index in [0.717, 1.165) is 35.4 Å². The van der Waals surface area contributed by atoms with Gasteiger partial charge in [-0.05, 0) is 53.8 Å². The second kappa shape index (κ2) is 7.35. The van der Waals surface area contributed by atoms with Crippen molar-refractivity contribution >= 4 is 38.6 Å². The maximum atomic E-state index is 12.8. The number of rotatable bonds is 6. The molecule has 1 atom stereocenters. The summed E-state index contributed by atoms with van der Waals surface area (Å²) in [5.74, 6) is 0.0797. The topological polar surface area (TPSA) is 66.5 Å². The lowest BCUT2D eigenvalue weighted by atomic mass is 10.1. The summed E-state index contributed by atoms with van der Waals surface area (Å²) in [6.45, 7) is 1.15. The van der Waals surface area contributed by atoms with Crippen molar-refractivity contribution in [1.29, 1.82) is 0 Å². The summed E-state index contributed by atoms with van der Waals surface area (Å²) in [6.07, 6.45) is 3.79. The summed E-state index contributed by atoms with van der Waals surface area (Å²) in [7, 11) is -3.17. The first-order chi connectivity index (χ1) is 11.4. The molecule has 2 aromatic rings. The Bertz CT molecular complexity index is 796. The first-order valence-corrected chi connectivity index (χ1v) is 11.5. The maximum Gasteiger partial charge on any atom is 0.264 e. The summed E-state index contributed by atoms with van der Waals surface area (Å²) in [6, 6.07) is 6.04. The third-order valence-electron chi connectivity index (χ3n) is 4.05. The molecule has 24 heavy (non-hydrogen) atoms. The van der Waals surface area contributed by atoms with E-state index in [1.54, 1.807) is 11.3 Å². The highest BCUT2D eigenvalue weighted by Gasteiger charge is 2.31. The molecule has 1 fully saturated rings. The molecule has 130 valence electrons. The lowest BCUT2D eigenvalue weighted by Gasteiger charge is -2.23. The van der Waals surface area contributed by atoms with Crippen molar-refractivity contribution in [3.63, 3.8) is 0 Å². The van der Waals surface area contributed by atoms with E-state index in [1.165, 1.54) is 16.9 Å². The zero-order chi connectivity index (χ0) is 17.2. The van der Waals surface area contributed by atoms with Crippen molar-refractivity contribution in [3.05, 3.63) is 44.3 Å². The summed E-state index contributed by atoms with van der Waals surface area (Å²) in [5.41, 5.74) is 1.22. The van der Waals surface area contributed by atoms with Gasteiger partial charge in [0.25, 0.3) is 5.91 Å². The van der Waals surface area contributed by atoms with E-state index in [-0.39, 0.29) is 11.9 Å². The van der Waals surface area contributed by atoms with Gasteiger partial charge in [-0.3, -0.25) is 4.79 Å². The van der Waals surface area contributed by atoms with Gasteiger partial charge in [0, 0.05) is 18.0 Å². The van der Waals surface area contributed by atoms with Crippen LogP contribution in [0.5, 0.6) is 0 Å². The third kappa shape index (κ3) is 4.24. The smallest absolute Gasteiger partial charge is 0.264 e. The lowest BCUT2D eigenvalue weighted by Crippen LogP contribution is -2.29. The molecule has 3 heterocycles. The lowest BCUT2D eigenvalue weighted by molar-refractivity contribution is 0.0741. The van der Waals surface area contributed by atoms with E-state index >= 15 is 0 Å². The van der Waals surface area contributed by atoms with Crippen molar-refractivity contribution in [2.75, 3.05) is 19.3 Å². The van der Waals surface area contributed by atoms with Crippen LogP contribution in [-0.4, -0.2) is 38.6 Å². The molecule has 0 radical (unpaired) electrons. The zero-order valence-electron chi connectivity index (χ0n) is 13.4. The van der Waals surface area contributed by atoms with Crippen LogP contribution in [-0.2, 0) is 16.4 Å². The zero-order valence-corrected chi connectivity index (χ0v) is 15.8. The van der Waals surface area contributed by atoms with Crippen LogP contribution in [0.25, 0.3) is 0 Å². The number of hydrogen-bond acceptors (Lipinski definition) is 5. The normalized spacial score (nSPS) is 18.2. The molecule has 2 aromatic heterocycles. The quantitative estimate of drug-likeness (QED) is 0.833. The van der Waals surface area contributed by atoms with Crippen molar-refractivity contribution in [2.24, 2.45) is 0 Å². The molecule has 0 aliphatic carbocycles. The van der Waals surface area contributed by atoms with E-state index in [1.807, 2.05) is 22.4 Å². The average Bonchev–Trinajstić information content (AvgIpc) is 3.25.